The van der Waals surface area contributed by atoms with Crippen molar-refractivity contribution >= 4 is 17.2 Å². The van der Waals surface area contributed by atoms with Crippen molar-refractivity contribution in [2.75, 3.05) is 39.8 Å². The van der Waals surface area contributed by atoms with Gasteiger partial charge in [-0.15, -0.1) is 11.3 Å². The molecular formula is C15H23N3OS. The molecule has 20 heavy (non-hydrogen) atoms. The largest absolute Gasteiger partial charge is 0.339 e. The zero-order valence-corrected chi connectivity index (χ0v) is 12.9. The molecule has 1 atom stereocenters. The third-order valence-corrected chi connectivity index (χ3v) is 5.40. The van der Waals surface area contributed by atoms with Crippen molar-refractivity contribution in [2.24, 2.45) is 0 Å². The summed E-state index contributed by atoms with van der Waals surface area (Å²) in [6, 6.07) is 2.67. The van der Waals surface area contributed by atoms with Crippen LogP contribution in [-0.4, -0.2) is 55.5 Å². The topological polar surface area (TPSA) is 35.6 Å². The molecule has 1 aliphatic carbocycles. The van der Waals surface area contributed by atoms with Gasteiger partial charge in [0.1, 0.15) is 0 Å². The first-order valence-electron chi connectivity index (χ1n) is 7.50. The predicted octanol–water partition coefficient (Wildman–Crippen LogP) is 1.49. The second-order valence-electron chi connectivity index (χ2n) is 5.75. The minimum Gasteiger partial charge on any atom is -0.339 e. The molecule has 2 aliphatic rings. The molecule has 1 N–H and O–H groups in total. The van der Waals surface area contributed by atoms with Gasteiger partial charge in [0.25, 0.3) is 0 Å². The molecule has 1 saturated heterocycles. The molecule has 2 heterocycles. The molecule has 1 fully saturated rings. The Morgan fingerprint density at radius 3 is 3.10 bits per heavy atom. The van der Waals surface area contributed by atoms with Gasteiger partial charge < -0.3 is 10.2 Å². The zero-order valence-electron chi connectivity index (χ0n) is 12.1. The molecule has 0 saturated carbocycles. The van der Waals surface area contributed by atoms with E-state index in [1.807, 2.05) is 16.2 Å². The van der Waals surface area contributed by atoms with Crippen molar-refractivity contribution in [2.45, 2.75) is 25.3 Å². The Morgan fingerprint density at radius 2 is 2.30 bits per heavy atom. The summed E-state index contributed by atoms with van der Waals surface area (Å²) in [5.74, 6) is 0.274. The second kappa shape index (κ2) is 6.24. The SMILES string of the molecule is CN(CC(=O)N1CCNCC1)C1CCCc2sccc21. The van der Waals surface area contributed by atoms with Gasteiger partial charge in [0.15, 0.2) is 0 Å². The predicted molar refractivity (Wildman–Crippen MR) is 82.1 cm³/mol. The van der Waals surface area contributed by atoms with Crippen LogP contribution in [0.25, 0.3) is 0 Å². The first-order valence-corrected chi connectivity index (χ1v) is 8.38. The van der Waals surface area contributed by atoms with Crippen LogP contribution >= 0.6 is 11.3 Å². The van der Waals surface area contributed by atoms with E-state index in [9.17, 15) is 4.79 Å². The van der Waals surface area contributed by atoms with Gasteiger partial charge in [0, 0.05) is 37.1 Å². The molecule has 1 unspecified atom stereocenters. The lowest BCUT2D eigenvalue weighted by Gasteiger charge is -2.34. The Hall–Kier alpha value is -0.910. The molecule has 1 aliphatic heterocycles. The van der Waals surface area contributed by atoms with Gasteiger partial charge in [-0.05, 0) is 43.3 Å². The average Bonchev–Trinajstić information content (AvgIpc) is 2.96. The normalized spacial score (nSPS) is 22.9. The minimum atomic E-state index is 0.274. The highest BCUT2D eigenvalue weighted by Crippen LogP contribution is 2.36. The highest BCUT2D eigenvalue weighted by molar-refractivity contribution is 7.10. The molecule has 0 bridgehead atoms. The summed E-state index contributed by atoms with van der Waals surface area (Å²) < 4.78 is 0. The zero-order chi connectivity index (χ0) is 13.9. The van der Waals surface area contributed by atoms with Crippen molar-refractivity contribution < 1.29 is 4.79 Å². The fourth-order valence-electron chi connectivity index (χ4n) is 3.26. The summed E-state index contributed by atoms with van der Waals surface area (Å²) in [5, 5.41) is 5.48. The number of nitrogens with one attached hydrogen (secondary N) is 1. The van der Waals surface area contributed by atoms with Crippen LogP contribution in [0.4, 0.5) is 0 Å². The maximum Gasteiger partial charge on any atom is 0.236 e. The number of piperazine rings is 1. The summed E-state index contributed by atoms with van der Waals surface area (Å²) in [4.78, 5) is 18.1. The molecule has 110 valence electrons. The van der Waals surface area contributed by atoms with Gasteiger partial charge in [-0.2, -0.15) is 0 Å². The molecule has 0 aromatic carbocycles. The van der Waals surface area contributed by atoms with Gasteiger partial charge >= 0.3 is 0 Å². The number of carbonyl (C=O) groups is 1. The number of likely N-dealkylation sites (N-methyl/N-ethyl adjacent to an activating group) is 1. The van der Waals surface area contributed by atoms with E-state index >= 15 is 0 Å². The van der Waals surface area contributed by atoms with Gasteiger partial charge in [0.05, 0.1) is 6.54 Å². The van der Waals surface area contributed by atoms with Gasteiger partial charge in [-0.1, -0.05) is 0 Å². The highest BCUT2D eigenvalue weighted by atomic mass is 32.1. The summed E-state index contributed by atoms with van der Waals surface area (Å²) in [7, 11) is 2.09. The molecule has 0 spiro atoms. The number of nitrogens with zero attached hydrogens (tertiary/aromatic N) is 2. The molecule has 5 heteroatoms. The molecule has 3 rings (SSSR count). The molecule has 0 radical (unpaired) electrons. The lowest BCUT2D eigenvalue weighted by molar-refractivity contribution is -0.133. The molecule has 1 aromatic heterocycles. The van der Waals surface area contributed by atoms with Crippen molar-refractivity contribution in [3.05, 3.63) is 21.9 Å². The maximum atomic E-state index is 12.4. The van der Waals surface area contributed by atoms with Crippen LogP contribution in [-0.2, 0) is 11.2 Å². The van der Waals surface area contributed by atoms with E-state index in [1.165, 1.54) is 29.7 Å². The van der Waals surface area contributed by atoms with Crippen molar-refractivity contribution in [1.82, 2.24) is 15.1 Å². The lowest BCUT2D eigenvalue weighted by Crippen LogP contribution is -2.49. The number of rotatable bonds is 3. The summed E-state index contributed by atoms with van der Waals surface area (Å²) in [6.07, 6.45) is 3.63. The van der Waals surface area contributed by atoms with Crippen LogP contribution in [0.15, 0.2) is 11.4 Å². The molecule has 1 aromatic rings. The number of fused-ring (bicyclic) bond motifs is 1. The van der Waals surface area contributed by atoms with Crippen LogP contribution in [0.3, 0.4) is 0 Å². The second-order valence-corrected chi connectivity index (χ2v) is 6.75. The van der Waals surface area contributed by atoms with E-state index in [0.717, 1.165) is 26.2 Å². The number of hydrogen-bond acceptors (Lipinski definition) is 4. The Bertz CT molecular complexity index is 467. The Labute approximate surface area is 124 Å². The van der Waals surface area contributed by atoms with E-state index in [1.54, 1.807) is 0 Å². The van der Waals surface area contributed by atoms with E-state index in [-0.39, 0.29) is 5.91 Å². The fourth-order valence-corrected chi connectivity index (χ4v) is 4.24. The van der Waals surface area contributed by atoms with Gasteiger partial charge in [0.2, 0.25) is 5.91 Å². The van der Waals surface area contributed by atoms with Crippen LogP contribution < -0.4 is 5.32 Å². The number of aryl methyl sites for hydroxylation is 1. The van der Waals surface area contributed by atoms with Crippen molar-refractivity contribution in [3.8, 4) is 0 Å². The van der Waals surface area contributed by atoms with Crippen LogP contribution in [0.5, 0.6) is 0 Å². The smallest absolute Gasteiger partial charge is 0.236 e. The fraction of sp³-hybridized carbons (Fsp3) is 0.667. The first kappa shape index (κ1) is 14.0. The van der Waals surface area contributed by atoms with E-state index in [0.29, 0.717) is 12.6 Å². The Balaban J connectivity index is 1.62. The standard InChI is InChI=1S/C15H23N3OS/c1-17(11-15(19)18-8-6-16-7-9-18)13-3-2-4-14-12(13)5-10-20-14/h5,10,13,16H,2-4,6-9,11H2,1H3. The highest BCUT2D eigenvalue weighted by Gasteiger charge is 2.27. The number of carbonyl (C=O) groups excluding carboxylic acids is 1. The maximum absolute atomic E-state index is 12.4. The number of hydrogen-bond donors (Lipinski definition) is 1. The summed E-state index contributed by atoms with van der Waals surface area (Å²) >= 11 is 1.86. The van der Waals surface area contributed by atoms with Crippen LogP contribution in [0, 0.1) is 0 Å². The van der Waals surface area contributed by atoms with E-state index < -0.39 is 0 Å². The monoisotopic (exact) mass is 293 g/mol. The van der Waals surface area contributed by atoms with E-state index in [4.69, 9.17) is 0 Å². The third-order valence-electron chi connectivity index (χ3n) is 4.41. The molecular weight excluding hydrogens is 270 g/mol. The van der Waals surface area contributed by atoms with Gasteiger partial charge in [-0.3, -0.25) is 9.69 Å². The summed E-state index contributed by atoms with van der Waals surface area (Å²) in [5.41, 5.74) is 1.46. The number of amides is 1. The first-order chi connectivity index (χ1) is 9.75. The number of thiophene rings is 1. The molecule has 1 amide bonds. The van der Waals surface area contributed by atoms with Crippen molar-refractivity contribution in [1.29, 1.82) is 0 Å². The quantitative estimate of drug-likeness (QED) is 0.917. The van der Waals surface area contributed by atoms with E-state index in [2.05, 4.69) is 28.7 Å². The Morgan fingerprint density at radius 1 is 1.50 bits per heavy atom. The summed E-state index contributed by atoms with van der Waals surface area (Å²) in [6.45, 7) is 4.09. The minimum absolute atomic E-state index is 0.274. The molecule has 4 nitrogen and oxygen atoms in total. The average molecular weight is 293 g/mol. The van der Waals surface area contributed by atoms with Crippen LogP contribution in [0.1, 0.15) is 29.3 Å². The van der Waals surface area contributed by atoms with Crippen molar-refractivity contribution in [3.63, 3.8) is 0 Å². The van der Waals surface area contributed by atoms with Gasteiger partial charge in [-0.25, -0.2) is 0 Å². The van der Waals surface area contributed by atoms with Crippen LogP contribution in [0.2, 0.25) is 0 Å². The third kappa shape index (κ3) is 2.90. The Kier molecular flexibility index (Phi) is 4.38. The lowest BCUT2D eigenvalue weighted by atomic mass is 9.93.